The molecule has 0 aliphatic heterocycles. The van der Waals surface area contributed by atoms with E-state index in [0.717, 1.165) is 31.2 Å². The summed E-state index contributed by atoms with van der Waals surface area (Å²) in [7, 11) is -3.64. The number of benzene rings is 1. The Morgan fingerprint density at radius 3 is 2.37 bits per heavy atom. The summed E-state index contributed by atoms with van der Waals surface area (Å²) in [5.41, 5.74) is -1.11. The second kappa shape index (κ2) is 4.59. The van der Waals surface area contributed by atoms with Crippen LogP contribution in [0.5, 0.6) is 5.75 Å². The van der Waals surface area contributed by atoms with E-state index in [1.54, 1.807) is 0 Å². The Bertz CT molecular complexity index is 579. The van der Waals surface area contributed by atoms with Crippen molar-refractivity contribution in [2.24, 2.45) is 0 Å². The molecular formula is C11H12F3NO3S. The highest BCUT2D eigenvalue weighted by molar-refractivity contribution is 7.92. The number of alkyl halides is 3. The first-order valence-corrected chi connectivity index (χ1v) is 7.39. The fraction of sp³-hybridized carbons (Fsp3) is 0.455. The first-order chi connectivity index (χ1) is 8.63. The third kappa shape index (κ3) is 4.30. The smallest absolute Gasteiger partial charge is 0.416 e. The van der Waals surface area contributed by atoms with E-state index in [1.807, 2.05) is 4.72 Å². The third-order valence-electron chi connectivity index (χ3n) is 2.36. The summed E-state index contributed by atoms with van der Waals surface area (Å²) in [5, 5.41) is 0. The highest BCUT2D eigenvalue weighted by Gasteiger charge is 2.32. The predicted molar refractivity (Wildman–Crippen MR) is 63.6 cm³/mol. The molecular weight excluding hydrogens is 283 g/mol. The molecule has 8 heteroatoms. The van der Waals surface area contributed by atoms with E-state index in [2.05, 4.69) is 0 Å². The van der Waals surface area contributed by atoms with E-state index in [1.165, 1.54) is 6.07 Å². The van der Waals surface area contributed by atoms with Gasteiger partial charge in [0, 0.05) is 6.07 Å². The maximum Gasteiger partial charge on any atom is 0.416 e. The van der Waals surface area contributed by atoms with Gasteiger partial charge in [0.15, 0.2) is 0 Å². The van der Waals surface area contributed by atoms with Crippen LogP contribution in [-0.4, -0.2) is 20.8 Å². The van der Waals surface area contributed by atoms with Gasteiger partial charge in [-0.05, 0) is 25.0 Å². The highest BCUT2D eigenvalue weighted by Crippen LogP contribution is 2.36. The Morgan fingerprint density at radius 1 is 1.26 bits per heavy atom. The van der Waals surface area contributed by atoms with Crippen molar-refractivity contribution in [3.05, 3.63) is 23.8 Å². The van der Waals surface area contributed by atoms with E-state index >= 15 is 0 Å². The van der Waals surface area contributed by atoms with Crippen molar-refractivity contribution in [2.75, 3.05) is 11.0 Å². The van der Waals surface area contributed by atoms with Crippen LogP contribution in [0.3, 0.4) is 0 Å². The lowest BCUT2D eigenvalue weighted by Gasteiger charge is -2.13. The summed E-state index contributed by atoms with van der Waals surface area (Å²) in [6.45, 7) is 0. The van der Waals surface area contributed by atoms with Crippen molar-refractivity contribution in [1.82, 2.24) is 0 Å². The van der Waals surface area contributed by atoms with Gasteiger partial charge in [-0.3, -0.25) is 4.72 Å². The predicted octanol–water partition coefficient (Wildman–Crippen LogP) is 2.62. The number of rotatable bonds is 4. The van der Waals surface area contributed by atoms with Crippen LogP contribution in [0.2, 0.25) is 0 Å². The molecule has 2 rings (SSSR count). The minimum absolute atomic E-state index is 0.0171. The van der Waals surface area contributed by atoms with E-state index in [-0.39, 0.29) is 17.5 Å². The third-order valence-corrected chi connectivity index (χ3v) is 2.97. The maximum absolute atomic E-state index is 12.7. The van der Waals surface area contributed by atoms with Gasteiger partial charge in [-0.25, -0.2) is 8.42 Å². The van der Waals surface area contributed by atoms with Gasteiger partial charge in [-0.2, -0.15) is 13.2 Å². The normalized spacial score (nSPS) is 16.2. The van der Waals surface area contributed by atoms with Crippen LogP contribution >= 0.6 is 0 Å². The highest BCUT2D eigenvalue weighted by atomic mass is 32.2. The molecule has 19 heavy (non-hydrogen) atoms. The lowest BCUT2D eigenvalue weighted by atomic mass is 10.2. The Morgan fingerprint density at radius 2 is 1.89 bits per heavy atom. The molecule has 0 aromatic heterocycles. The van der Waals surface area contributed by atoms with Gasteiger partial charge in [0.1, 0.15) is 5.75 Å². The second-order valence-electron chi connectivity index (χ2n) is 4.44. The number of nitrogens with one attached hydrogen (secondary N) is 1. The number of halogens is 3. The fourth-order valence-electron chi connectivity index (χ4n) is 1.48. The molecule has 0 spiro atoms. The maximum atomic E-state index is 12.7. The molecule has 4 nitrogen and oxygen atoms in total. The molecule has 1 aliphatic carbocycles. The van der Waals surface area contributed by atoms with Crippen LogP contribution in [-0.2, 0) is 16.2 Å². The Labute approximate surface area is 108 Å². The number of ether oxygens (including phenoxy) is 1. The number of hydrogen-bond acceptors (Lipinski definition) is 3. The van der Waals surface area contributed by atoms with Crippen LogP contribution in [0.15, 0.2) is 18.2 Å². The molecule has 0 atom stereocenters. The first kappa shape index (κ1) is 14.0. The van der Waals surface area contributed by atoms with Crippen molar-refractivity contribution in [2.45, 2.75) is 25.1 Å². The molecule has 0 amide bonds. The van der Waals surface area contributed by atoms with Gasteiger partial charge in [0.25, 0.3) is 0 Å². The van der Waals surface area contributed by atoms with Gasteiger partial charge < -0.3 is 4.74 Å². The topological polar surface area (TPSA) is 55.4 Å². The van der Waals surface area contributed by atoms with Crippen LogP contribution in [0.1, 0.15) is 18.4 Å². The Hall–Kier alpha value is -1.44. The zero-order chi connectivity index (χ0) is 14.3. The van der Waals surface area contributed by atoms with Gasteiger partial charge in [0.05, 0.1) is 23.6 Å². The second-order valence-corrected chi connectivity index (χ2v) is 6.18. The van der Waals surface area contributed by atoms with Crippen molar-refractivity contribution in [3.8, 4) is 5.75 Å². The van der Waals surface area contributed by atoms with Gasteiger partial charge >= 0.3 is 6.18 Å². The number of anilines is 1. The van der Waals surface area contributed by atoms with Gasteiger partial charge in [0.2, 0.25) is 10.0 Å². The molecule has 1 fully saturated rings. The van der Waals surface area contributed by atoms with Gasteiger partial charge in [-0.1, -0.05) is 0 Å². The molecule has 0 heterocycles. The molecule has 0 unspecified atom stereocenters. The van der Waals surface area contributed by atoms with Crippen molar-refractivity contribution >= 4 is 15.7 Å². The first-order valence-electron chi connectivity index (χ1n) is 5.50. The van der Waals surface area contributed by atoms with E-state index in [0.29, 0.717) is 0 Å². The van der Waals surface area contributed by atoms with E-state index in [4.69, 9.17) is 4.74 Å². The van der Waals surface area contributed by atoms with Crippen molar-refractivity contribution in [3.63, 3.8) is 0 Å². The van der Waals surface area contributed by atoms with E-state index < -0.39 is 21.8 Å². The zero-order valence-corrected chi connectivity index (χ0v) is 10.8. The molecule has 1 aromatic carbocycles. The largest absolute Gasteiger partial charge is 0.490 e. The number of sulfonamides is 1. The summed E-state index contributed by atoms with van der Waals surface area (Å²) in [5.74, 6) is 0.0171. The summed E-state index contributed by atoms with van der Waals surface area (Å²) in [6.07, 6.45) is -2.17. The minimum atomic E-state index is -4.56. The summed E-state index contributed by atoms with van der Waals surface area (Å²) >= 11 is 0. The zero-order valence-electron chi connectivity index (χ0n) is 9.99. The summed E-state index contributed by atoms with van der Waals surface area (Å²) in [6, 6.07) is 2.85. The molecule has 0 radical (unpaired) electrons. The average Bonchev–Trinajstić information content (AvgIpc) is 2.96. The van der Waals surface area contributed by atoms with Crippen LogP contribution < -0.4 is 9.46 Å². The van der Waals surface area contributed by atoms with Crippen molar-refractivity contribution < 1.29 is 26.3 Å². The lowest BCUT2D eigenvalue weighted by molar-refractivity contribution is -0.137. The molecule has 1 aliphatic rings. The molecule has 0 saturated heterocycles. The Kier molecular flexibility index (Phi) is 3.38. The SMILES string of the molecule is CS(=O)(=O)Nc1cc(OC2CC2)cc(C(F)(F)F)c1. The van der Waals surface area contributed by atoms with Crippen LogP contribution in [0, 0.1) is 0 Å². The molecule has 1 N–H and O–H groups in total. The standard InChI is InChI=1S/C11H12F3NO3S/c1-19(16,17)15-8-4-7(11(12,13)14)5-10(6-8)18-9-2-3-9/h4-6,9,15H,2-3H2,1H3. The fourth-order valence-corrected chi connectivity index (χ4v) is 2.03. The molecule has 106 valence electrons. The number of hydrogen-bond donors (Lipinski definition) is 1. The molecule has 1 saturated carbocycles. The quantitative estimate of drug-likeness (QED) is 0.929. The lowest BCUT2D eigenvalue weighted by Crippen LogP contribution is -2.12. The minimum Gasteiger partial charge on any atom is -0.490 e. The molecule has 0 bridgehead atoms. The monoisotopic (exact) mass is 295 g/mol. The van der Waals surface area contributed by atoms with Crippen LogP contribution in [0.25, 0.3) is 0 Å². The van der Waals surface area contributed by atoms with Crippen LogP contribution in [0.4, 0.5) is 18.9 Å². The van der Waals surface area contributed by atoms with Gasteiger partial charge in [-0.15, -0.1) is 0 Å². The Balaban J connectivity index is 2.35. The summed E-state index contributed by atoms with van der Waals surface area (Å²) in [4.78, 5) is 0. The summed E-state index contributed by atoms with van der Waals surface area (Å²) < 4.78 is 67.6. The van der Waals surface area contributed by atoms with E-state index in [9.17, 15) is 21.6 Å². The molecule has 1 aromatic rings. The van der Waals surface area contributed by atoms with Crippen molar-refractivity contribution in [1.29, 1.82) is 0 Å². The average molecular weight is 295 g/mol.